The fraction of sp³-hybridized carbons (Fsp3) is 0.158. The van der Waals surface area contributed by atoms with Crippen LogP contribution < -0.4 is 10.6 Å². The average molecular weight is 384 g/mol. The summed E-state index contributed by atoms with van der Waals surface area (Å²) in [7, 11) is 0. The Morgan fingerprint density at radius 2 is 1.78 bits per heavy atom. The molecule has 3 amide bonds. The third kappa shape index (κ3) is 4.79. The Morgan fingerprint density at radius 1 is 1.07 bits per heavy atom. The number of rotatable bonds is 4. The molecule has 0 radical (unpaired) electrons. The van der Waals surface area contributed by atoms with E-state index in [0.29, 0.717) is 22.0 Å². The topological polar surface area (TPSA) is 84.0 Å². The molecule has 0 saturated heterocycles. The number of amides is 3. The average Bonchev–Trinajstić information content (AvgIpc) is 2.63. The number of imide groups is 1. The SMILES string of the molecule is Cc1ccc(F)cc1NC(=O)NC(=O)CSc1nc2ccccc2nc1C. The molecule has 0 bridgehead atoms. The van der Waals surface area contributed by atoms with E-state index in [1.807, 2.05) is 31.2 Å². The van der Waals surface area contributed by atoms with Crippen molar-refractivity contribution in [1.29, 1.82) is 0 Å². The second-order valence-electron chi connectivity index (χ2n) is 5.85. The molecule has 8 heteroatoms. The van der Waals surface area contributed by atoms with E-state index in [4.69, 9.17) is 0 Å². The summed E-state index contributed by atoms with van der Waals surface area (Å²) in [5.41, 5.74) is 3.24. The maximum Gasteiger partial charge on any atom is 0.325 e. The first kappa shape index (κ1) is 18.8. The number of fused-ring (bicyclic) bond motifs is 1. The molecule has 0 aliphatic heterocycles. The highest BCUT2D eigenvalue weighted by Gasteiger charge is 2.12. The van der Waals surface area contributed by atoms with Crippen LogP contribution in [0, 0.1) is 19.7 Å². The number of aromatic nitrogens is 2. The number of hydrogen-bond donors (Lipinski definition) is 2. The number of nitrogens with zero attached hydrogens (tertiary/aromatic N) is 2. The fourth-order valence-electron chi connectivity index (χ4n) is 2.39. The van der Waals surface area contributed by atoms with Crippen LogP contribution in [0.4, 0.5) is 14.9 Å². The Hall–Kier alpha value is -3.00. The van der Waals surface area contributed by atoms with E-state index in [-0.39, 0.29) is 5.75 Å². The van der Waals surface area contributed by atoms with Crippen molar-refractivity contribution >= 4 is 40.4 Å². The van der Waals surface area contributed by atoms with Crippen molar-refractivity contribution in [3.8, 4) is 0 Å². The van der Waals surface area contributed by atoms with Gasteiger partial charge < -0.3 is 5.32 Å². The second kappa shape index (κ2) is 8.13. The first-order valence-corrected chi connectivity index (χ1v) is 9.14. The Kier molecular flexibility index (Phi) is 5.66. The number of benzene rings is 2. The molecule has 0 spiro atoms. The van der Waals surface area contributed by atoms with Crippen molar-refractivity contribution in [1.82, 2.24) is 15.3 Å². The van der Waals surface area contributed by atoms with Gasteiger partial charge in [-0.2, -0.15) is 0 Å². The van der Waals surface area contributed by atoms with Gasteiger partial charge in [-0.25, -0.2) is 19.2 Å². The Bertz CT molecular complexity index is 1030. The van der Waals surface area contributed by atoms with Gasteiger partial charge in [0.1, 0.15) is 10.8 Å². The molecule has 138 valence electrons. The van der Waals surface area contributed by atoms with Gasteiger partial charge in [-0.15, -0.1) is 0 Å². The highest BCUT2D eigenvalue weighted by Crippen LogP contribution is 2.21. The number of thioether (sulfide) groups is 1. The molecule has 6 nitrogen and oxygen atoms in total. The van der Waals surface area contributed by atoms with E-state index in [1.165, 1.54) is 23.9 Å². The Balaban J connectivity index is 1.59. The van der Waals surface area contributed by atoms with Gasteiger partial charge in [-0.3, -0.25) is 10.1 Å². The molecular weight excluding hydrogens is 367 g/mol. The zero-order chi connectivity index (χ0) is 19.4. The first-order valence-electron chi connectivity index (χ1n) is 8.15. The Labute approximate surface area is 159 Å². The molecule has 0 fully saturated rings. The zero-order valence-corrected chi connectivity index (χ0v) is 15.6. The van der Waals surface area contributed by atoms with Gasteiger partial charge >= 0.3 is 6.03 Å². The number of aryl methyl sites for hydroxylation is 2. The molecule has 2 aromatic carbocycles. The molecule has 0 aliphatic rings. The second-order valence-corrected chi connectivity index (χ2v) is 6.82. The van der Waals surface area contributed by atoms with Gasteiger partial charge in [0.15, 0.2) is 0 Å². The highest BCUT2D eigenvalue weighted by atomic mass is 32.2. The summed E-state index contributed by atoms with van der Waals surface area (Å²) in [6.45, 7) is 3.55. The molecule has 0 unspecified atom stereocenters. The van der Waals surface area contributed by atoms with Gasteiger partial charge in [0.05, 0.1) is 22.5 Å². The first-order chi connectivity index (χ1) is 12.9. The Morgan fingerprint density at radius 3 is 2.52 bits per heavy atom. The van der Waals surface area contributed by atoms with Crippen LogP contribution in [-0.4, -0.2) is 27.7 Å². The van der Waals surface area contributed by atoms with E-state index < -0.39 is 17.8 Å². The van der Waals surface area contributed by atoms with Gasteiger partial charge in [0.25, 0.3) is 0 Å². The summed E-state index contributed by atoms with van der Waals surface area (Å²) in [4.78, 5) is 32.9. The summed E-state index contributed by atoms with van der Waals surface area (Å²) in [6, 6.07) is 10.8. The summed E-state index contributed by atoms with van der Waals surface area (Å²) in [5, 5.41) is 5.32. The predicted octanol–water partition coefficient (Wildman–Crippen LogP) is 3.83. The van der Waals surface area contributed by atoms with Crippen molar-refractivity contribution in [2.24, 2.45) is 0 Å². The van der Waals surface area contributed by atoms with Crippen LogP contribution in [0.15, 0.2) is 47.5 Å². The smallest absolute Gasteiger partial charge is 0.307 e. The lowest BCUT2D eigenvalue weighted by Gasteiger charge is -2.09. The van der Waals surface area contributed by atoms with Crippen molar-refractivity contribution in [3.05, 3.63) is 59.5 Å². The number of carbonyl (C=O) groups is 2. The summed E-state index contributed by atoms with van der Waals surface area (Å²) in [5.74, 6) is -0.951. The molecule has 3 aromatic rings. The monoisotopic (exact) mass is 384 g/mol. The lowest BCUT2D eigenvalue weighted by atomic mass is 10.2. The van der Waals surface area contributed by atoms with Gasteiger partial charge in [-0.05, 0) is 43.7 Å². The highest BCUT2D eigenvalue weighted by molar-refractivity contribution is 7.99. The van der Waals surface area contributed by atoms with Crippen molar-refractivity contribution in [2.45, 2.75) is 18.9 Å². The molecule has 3 rings (SSSR count). The molecular formula is C19H17FN4O2S. The van der Waals surface area contributed by atoms with E-state index in [2.05, 4.69) is 20.6 Å². The lowest BCUT2D eigenvalue weighted by molar-refractivity contribution is -0.117. The summed E-state index contributed by atoms with van der Waals surface area (Å²) in [6.07, 6.45) is 0. The minimum atomic E-state index is -0.712. The van der Waals surface area contributed by atoms with E-state index in [0.717, 1.165) is 11.0 Å². The largest absolute Gasteiger partial charge is 0.325 e. The molecule has 1 heterocycles. The molecule has 2 N–H and O–H groups in total. The number of urea groups is 1. The predicted molar refractivity (Wildman–Crippen MR) is 103 cm³/mol. The third-order valence-corrected chi connectivity index (χ3v) is 4.81. The van der Waals surface area contributed by atoms with Crippen molar-refractivity contribution in [2.75, 3.05) is 11.1 Å². The van der Waals surface area contributed by atoms with Crippen LogP contribution in [0.5, 0.6) is 0 Å². The molecule has 0 aliphatic carbocycles. The standard InChI is InChI=1S/C19H17FN4O2S/c1-11-7-8-13(20)9-16(11)23-19(26)24-17(25)10-27-18-12(2)21-14-5-3-4-6-15(14)22-18/h3-9H,10H2,1-2H3,(H2,23,24,25,26). The number of halogens is 1. The number of anilines is 1. The van der Waals surface area contributed by atoms with Crippen LogP contribution in [0.25, 0.3) is 11.0 Å². The van der Waals surface area contributed by atoms with Crippen molar-refractivity contribution < 1.29 is 14.0 Å². The normalized spacial score (nSPS) is 10.6. The van der Waals surface area contributed by atoms with Crippen LogP contribution in [0.1, 0.15) is 11.3 Å². The van der Waals surface area contributed by atoms with Crippen molar-refractivity contribution in [3.63, 3.8) is 0 Å². The minimum Gasteiger partial charge on any atom is -0.307 e. The number of carbonyl (C=O) groups excluding carboxylic acids is 2. The number of nitrogens with one attached hydrogen (secondary N) is 2. The van der Waals surface area contributed by atoms with E-state index in [1.54, 1.807) is 13.0 Å². The van der Waals surface area contributed by atoms with Gasteiger partial charge in [-0.1, -0.05) is 30.0 Å². The van der Waals surface area contributed by atoms with Gasteiger partial charge in [0, 0.05) is 5.69 Å². The van der Waals surface area contributed by atoms with Crippen LogP contribution in [0.3, 0.4) is 0 Å². The number of hydrogen-bond acceptors (Lipinski definition) is 5. The maximum atomic E-state index is 13.3. The summed E-state index contributed by atoms with van der Waals surface area (Å²) < 4.78 is 13.3. The molecule has 1 aromatic heterocycles. The molecule has 0 saturated carbocycles. The van der Waals surface area contributed by atoms with Crippen LogP contribution >= 0.6 is 11.8 Å². The quantitative estimate of drug-likeness (QED) is 0.668. The van der Waals surface area contributed by atoms with Crippen LogP contribution in [0.2, 0.25) is 0 Å². The fourth-order valence-corrected chi connectivity index (χ4v) is 3.15. The lowest BCUT2D eigenvalue weighted by Crippen LogP contribution is -2.35. The van der Waals surface area contributed by atoms with E-state index in [9.17, 15) is 14.0 Å². The summed E-state index contributed by atoms with van der Waals surface area (Å²) >= 11 is 1.20. The van der Waals surface area contributed by atoms with Crippen LogP contribution in [-0.2, 0) is 4.79 Å². The number of para-hydroxylation sites is 2. The molecule has 27 heavy (non-hydrogen) atoms. The molecule has 0 atom stereocenters. The van der Waals surface area contributed by atoms with Gasteiger partial charge in [0.2, 0.25) is 5.91 Å². The third-order valence-electron chi connectivity index (χ3n) is 3.74. The zero-order valence-electron chi connectivity index (χ0n) is 14.7. The maximum absolute atomic E-state index is 13.3. The minimum absolute atomic E-state index is 0.00339. The van der Waals surface area contributed by atoms with E-state index >= 15 is 0 Å².